The normalized spacial score (nSPS) is 10.0. The Morgan fingerprint density at radius 3 is 2.95 bits per heavy atom. The Balaban J connectivity index is 2.24. The van der Waals surface area contributed by atoms with Gasteiger partial charge >= 0.3 is 0 Å². The average molecular weight is 264 g/mol. The Morgan fingerprint density at radius 2 is 2.26 bits per heavy atom. The molecule has 0 heterocycles. The first-order chi connectivity index (χ1) is 9.13. The lowest BCUT2D eigenvalue weighted by Crippen LogP contribution is -2.37. The van der Waals surface area contributed by atoms with Gasteiger partial charge in [-0.1, -0.05) is 18.1 Å². The van der Waals surface area contributed by atoms with E-state index < -0.39 is 5.82 Å². The van der Waals surface area contributed by atoms with Gasteiger partial charge in [0.05, 0.1) is 13.1 Å². The first-order valence-corrected chi connectivity index (χ1v) is 5.89. The molecule has 102 valence electrons. The van der Waals surface area contributed by atoms with E-state index in [9.17, 15) is 9.18 Å². The van der Waals surface area contributed by atoms with Crippen LogP contribution in [0, 0.1) is 18.2 Å². The molecule has 1 N–H and O–H groups in total. The molecular weight excluding hydrogens is 247 g/mol. The van der Waals surface area contributed by atoms with E-state index in [0.717, 1.165) is 0 Å². The zero-order chi connectivity index (χ0) is 14.1. The summed E-state index contributed by atoms with van der Waals surface area (Å²) in [5, 5.41) is 2.56. The van der Waals surface area contributed by atoms with Crippen LogP contribution in [0.25, 0.3) is 0 Å². The van der Waals surface area contributed by atoms with Crippen molar-refractivity contribution in [1.82, 2.24) is 10.2 Å². The molecule has 1 amide bonds. The van der Waals surface area contributed by atoms with E-state index in [4.69, 9.17) is 11.2 Å². The van der Waals surface area contributed by atoms with Gasteiger partial charge in [0, 0.05) is 6.54 Å². The number of para-hydroxylation sites is 1. The van der Waals surface area contributed by atoms with Gasteiger partial charge in [0.25, 0.3) is 0 Å². The highest BCUT2D eigenvalue weighted by atomic mass is 19.1. The van der Waals surface area contributed by atoms with E-state index in [0.29, 0.717) is 13.2 Å². The molecule has 0 aliphatic rings. The maximum Gasteiger partial charge on any atom is 0.234 e. The molecule has 0 aromatic heterocycles. The minimum atomic E-state index is -0.392. The fourth-order valence-corrected chi connectivity index (χ4v) is 1.40. The molecule has 5 heteroatoms. The molecule has 0 bridgehead atoms. The molecule has 0 spiro atoms. The first-order valence-electron chi connectivity index (χ1n) is 5.89. The minimum absolute atomic E-state index is 0.147. The number of halogens is 1. The maximum atomic E-state index is 13.2. The van der Waals surface area contributed by atoms with Crippen molar-refractivity contribution in [1.29, 1.82) is 0 Å². The van der Waals surface area contributed by atoms with E-state index in [1.54, 1.807) is 30.1 Å². The lowest BCUT2D eigenvalue weighted by Gasteiger charge is -2.16. The number of nitrogens with zero attached hydrogens (tertiary/aromatic N) is 1. The molecule has 1 aromatic carbocycles. The smallest absolute Gasteiger partial charge is 0.234 e. The number of terminal acetylenes is 1. The number of benzene rings is 1. The third-order valence-corrected chi connectivity index (χ3v) is 2.37. The SMILES string of the molecule is C#CCNC(=O)CN(C)CCOc1ccccc1F. The van der Waals surface area contributed by atoms with Gasteiger partial charge in [-0.25, -0.2) is 4.39 Å². The molecule has 1 rings (SSSR count). The monoisotopic (exact) mass is 264 g/mol. The summed E-state index contributed by atoms with van der Waals surface area (Å²) >= 11 is 0. The zero-order valence-corrected chi connectivity index (χ0v) is 10.9. The Labute approximate surface area is 112 Å². The third-order valence-electron chi connectivity index (χ3n) is 2.37. The van der Waals surface area contributed by atoms with Crippen LogP contribution < -0.4 is 10.1 Å². The molecule has 0 fully saturated rings. The van der Waals surface area contributed by atoms with Gasteiger partial charge in [-0.15, -0.1) is 6.42 Å². The highest BCUT2D eigenvalue weighted by Gasteiger charge is 2.06. The predicted octanol–water partition coefficient (Wildman–Crippen LogP) is 0.886. The second-order valence-electron chi connectivity index (χ2n) is 4.00. The van der Waals surface area contributed by atoms with E-state index in [1.807, 2.05) is 0 Å². The van der Waals surface area contributed by atoms with Crippen LogP contribution in [0.2, 0.25) is 0 Å². The summed E-state index contributed by atoms with van der Waals surface area (Å²) in [6.07, 6.45) is 5.03. The number of ether oxygens (including phenoxy) is 1. The molecule has 0 saturated carbocycles. The van der Waals surface area contributed by atoms with Gasteiger partial charge in [0.15, 0.2) is 11.6 Å². The van der Waals surface area contributed by atoms with Crippen molar-refractivity contribution in [3.05, 3.63) is 30.1 Å². The Hall–Kier alpha value is -2.06. The highest BCUT2D eigenvalue weighted by molar-refractivity contribution is 5.78. The molecule has 19 heavy (non-hydrogen) atoms. The number of amides is 1. The van der Waals surface area contributed by atoms with E-state index in [-0.39, 0.29) is 24.7 Å². The Kier molecular flexibility index (Phi) is 6.41. The standard InChI is InChI=1S/C14H17FN2O2/c1-3-8-16-14(18)11-17(2)9-10-19-13-7-5-4-6-12(13)15/h1,4-7H,8-11H2,2H3,(H,16,18). The summed E-state index contributed by atoms with van der Waals surface area (Å²) in [5.41, 5.74) is 0. The van der Waals surface area contributed by atoms with Gasteiger partial charge in [0.1, 0.15) is 6.61 Å². The fraction of sp³-hybridized carbons (Fsp3) is 0.357. The summed E-state index contributed by atoms with van der Waals surface area (Å²) in [6.45, 7) is 1.26. The fourth-order valence-electron chi connectivity index (χ4n) is 1.40. The molecule has 0 unspecified atom stereocenters. The van der Waals surface area contributed by atoms with Crippen LogP contribution in [0.1, 0.15) is 0 Å². The molecule has 0 aliphatic carbocycles. The van der Waals surface area contributed by atoms with Crippen LogP contribution in [0.15, 0.2) is 24.3 Å². The van der Waals surface area contributed by atoms with E-state index in [1.165, 1.54) is 6.07 Å². The molecular formula is C14H17FN2O2. The number of carbonyl (C=O) groups excluding carboxylic acids is 1. The summed E-state index contributed by atoms with van der Waals surface area (Å²) < 4.78 is 18.5. The summed E-state index contributed by atoms with van der Waals surface area (Å²) in [6, 6.07) is 6.21. The maximum absolute atomic E-state index is 13.2. The quantitative estimate of drug-likeness (QED) is 0.744. The highest BCUT2D eigenvalue weighted by Crippen LogP contribution is 2.14. The van der Waals surface area contributed by atoms with Crippen LogP contribution >= 0.6 is 0 Å². The number of hydrogen-bond acceptors (Lipinski definition) is 3. The van der Waals surface area contributed by atoms with Gasteiger partial charge < -0.3 is 10.1 Å². The van der Waals surface area contributed by atoms with Crippen LogP contribution in [0.5, 0.6) is 5.75 Å². The second kappa shape index (κ2) is 8.11. The van der Waals surface area contributed by atoms with Gasteiger partial charge in [-0.2, -0.15) is 0 Å². The summed E-state index contributed by atoms with van der Waals surface area (Å²) in [5.74, 6) is 2.00. The average Bonchev–Trinajstić information content (AvgIpc) is 2.38. The molecule has 4 nitrogen and oxygen atoms in total. The Bertz CT molecular complexity index is 457. The Morgan fingerprint density at radius 1 is 1.53 bits per heavy atom. The van der Waals surface area contributed by atoms with Gasteiger partial charge in [-0.05, 0) is 19.2 Å². The van der Waals surface area contributed by atoms with Crippen LogP contribution in [0.4, 0.5) is 4.39 Å². The van der Waals surface area contributed by atoms with Crippen molar-refractivity contribution < 1.29 is 13.9 Å². The first kappa shape index (κ1) is 15.0. The summed E-state index contributed by atoms with van der Waals surface area (Å²) in [7, 11) is 1.78. The van der Waals surface area contributed by atoms with E-state index >= 15 is 0 Å². The third kappa shape index (κ3) is 5.89. The van der Waals surface area contributed by atoms with Crippen LogP contribution in [-0.4, -0.2) is 44.1 Å². The number of rotatable bonds is 7. The predicted molar refractivity (Wildman–Crippen MR) is 71.2 cm³/mol. The minimum Gasteiger partial charge on any atom is -0.489 e. The zero-order valence-electron chi connectivity index (χ0n) is 10.9. The largest absolute Gasteiger partial charge is 0.489 e. The van der Waals surface area contributed by atoms with Crippen LogP contribution in [0.3, 0.4) is 0 Å². The van der Waals surface area contributed by atoms with E-state index in [2.05, 4.69) is 11.2 Å². The van der Waals surface area contributed by atoms with Crippen molar-refractivity contribution in [2.24, 2.45) is 0 Å². The molecule has 0 radical (unpaired) electrons. The number of hydrogen-bond donors (Lipinski definition) is 1. The van der Waals surface area contributed by atoms with Crippen molar-refractivity contribution >= 4 is 5.91 Å². The lowest BCUT2D eigenvalue weighted by atomic mass is 10.3. The molecule has 0 saturated heterocycles. The van der Waals surface area contributed by atoms with Gasteiger partial charge in [0.2, 0.25) is 5.91 Å². The van der Waals surface area contributed by atoms with Crippen molar-refractivity contribution in [3.63, 3.8) is 0 Å². The second-order valence-corrected chi connectivity index (χ2v) is 4.00. The number of carbonyl (C=O) groups is 1. The van der Waals surface area contributed by atoms with Crippen molar-refractivity contribution in [2.75, 3.05) is 33.3 Å². The summed E-state index contributed by atoms with van der Waals surface area (Å²) in [4.78, 5) is 13.1. The molecule has 1 aromatic rings. The number of likely N-dealkylation sites (N-methyl/N-ethyl adjacent to an activating group) is 1. The molecule has 0 aliphatic heterocycles. The van der Waals surface area contributed by atoms with Gasteiger partial charge in [-0.3, -0.25) is 9.69 Å². The van der Waals surface area contributed by atoms with Crippen molar-refractivity contribution in [2.45, 2.75) is 0 Å². The number of nitrogens with one attached hydrogen (secondary N) is 1. The molecule has 0 atom stereocenters. The topological polar surface area (TPSA) is 41.6 Å². The lowest BCUT2D eigenvalue weighted by molar-refractivity contribution is -0.121. The van der Waals surface area contributed by atoms with Crippen LogP contribution in [-0.2, 0) is 4.79 Å². The van der Waals surface area contributed by atoms with Crippen molar-refractivity contribution in [3.8, 4) is 18.1 Å².